The molecule has 0 fully saturated rings. The average Bonchev–Trinajstić information content (AvgIpc) is 2.76. The zero-order valence-electron chi connectivity index (χ0n) is 21.0. The highest BCUT2D eigenvalue weighted by molar-refractivity contribution is 7.87. The number of benzene rings is 2. The van der Waals surface area contributed by atoms with E-state index in [0.29, 0.717) is 11.1 Å². The second-order valence-corrected chi connectivity index (χ2v) is 10.6. The molecule has 0 heterocycles. The van der Waals surface area contributed by atoms with Gasteiger partial charge in [0.15, 0.2) is 0 Å². The van der Waals surface area contributed by atoms with Crippen molar-refractivity contribution < 1.29 is 37.2 Å². The maximum absolute atomic E-state index is 13.5. The highest BCUT2D eigenvalue weighted by Crippen LogP contribution is 2.17. The van der Waals surface area contributed by atoms with E-state index in [9.17, 15) is 27.9 Å². The van der Waals surface area contributed by atoms with Gasteiger partial charge in [0.1, 0.15) is 23.4 Å². The minimum Gasteiger partial charge on any atom is -0.508 e. The number of carbonyl (C=O) groups excluding carboxylic acids is 3. The van der Waals surface area contributed by atoms with E-state index in [4.69, 9.17) is 15.0 Å². The molecule has 13 heteroatoms. The third-order valence-electron chi connectivity index (χ3n) is 5.14. The number of aromatic hydroxyl groups is 1. The van der Waals surface area contributed by atoms with E-state index in [1.54, 1.807) is 32.9 Å². The number of phenols is 1. The smallest absolute Gasteiger partial charge is 0.408 e. The number of rotatable bonds is 10. The highest BCUT2D eigenvalue weighted by Gasteiger charge is 2.32. The van der Waals surface area contributed by atoms with E-state index in [-0.39, 0.29) is 24.3 Å². The van der Waals surface area contributed by atoms with E-state index in [2.05, 4.69) is 5.32 Å². The zero-order chi connectivity index (χ0) is 28.0. The fourth-order valence-corrected chi connectivity index (χ4v) is 3.86. The molecule has 12 nitrogen and oxygen atoms in total. The first-order chi connectivity index (χ1) is 17.0. The second kappa shape index (κ2) is 11.9. The molecule has 0 saturated heterocycles. The summed E-state index contributed by atoms with van der Waals surface area (Å²) in [7, 11) is -3.06. The highest BCUT2D eigenvalue weighted by atomic mass is 32.2. The molecule has 2 aromatic rings. The summed E-state index contributed by atoms with van der Waals surface area (Å²) in [6.07, 6.45) is -0.776. The summed E-state index contributed by atoms with van der Waals surface area (Å²) in [5, 5.41) is 12.1. The molecular formula is C24H32N4O8S. The summed E-state index contributed by atoms with van der Waals surface area (Å²) in [4.78, 5) is 39.4. The molecule has 0 saturated carbocycles. The molecule has 0 bridgehead atoms. The normalized spacial score (nSPS) is 13.2. The number of primary amides is 1. The molecule has 2 aromatic carbocycles. The van der Waals surface area contributed by atoms with Crippen LogP contribution in [0.15, 0.2) is 48.5 Å². The molecule has 0 spiro atoms. The van der Waals surface area contributed by atoms with Crippen LogP contribution in [0.2, 0.25) is 0 Å². The lowest BCUT2D eigenvalue weighted by Gasteiger charge is -2.30. The van der Waals surface area contributed by atoms with Gasteiger partial charge < -0.3 is 25.8 Å². The number of likely N-dealkylation sites (N-methyl/N-ethyl adjacent to an activating group) is 1. The molecule has 0 aliphatic rings. The Labute approximate surface area is 215 Å². The molecule has 0 aliphatic heterocycles. The van der Waals surface area contributed by atoms with Gasteiger partial charge in [-0.2, -0.15) is 8.42 Å². The lowest BCUT2D eigenvalue weighted by molar-refractivity contribution is -0.139. The van der Waals surface area contributed by atoms with Gasteiger partial charge in [-0.1, -0.05) is 24.3 Å². The predicted molar refractivity (Wildman–Crippen MR) is 136 cm³/mol. The van der Waals surface area contributed by atoms with Crippen LogP contribution in [0.5, 0.6) is 5.75 Å². The molecule has 2 atom stereocenters. The molecule has 0 unspecified atom stereocenters. The average molecular weight is 537 g/mol. The van der Waals surface area contributed by atoms with Crippen LogP contribution < -0.4 is 15.8 Å². The first-order valence-electron chi connectivity index (χ1n) is 11.2. The molecule has 0 aliphatic carbocycles. The number of anilines is 1. The van der Waals surface area contributed by atoms with E-state index < -0.39 is 45.9 Å². The standard InChI is InChI=1S/C24H32N4O8S/c1-24(2,3)36-23(32)26-19(13-15-7-11-18(29)12-8-15)22(31)28(4)20(21(25)30)14-16-5-9-17(10-6-16)27-37(33,34)35/h5-12,19-20,27,29H,13-14H2,1-4H3,(H2,25,30)(H,26,32)(H,33,34,35)/t19-,20-/m0/s1. The minimum absolute atomic E-state index is 0.00208. The van der Waals surface area contributed by atoms with Crippen LogP contribution in [-0.2, 0) is 37.5 Å². The molecule has 2 rings (SSSR count). The van der Waals surface area contributed by atoms with Crippen molar-refractivity contribution in [2.24, 2.45) is 5.73 Å². The van der Waals surface area contributed by atoms with Crippen LogP contribution in [0.4, 0.5) is 10.5 Å². The van der Waals surface area contributed by atoms with Crippen molar-refractivity contribution in [1.82, 2.24) is 10.2 Å². The second-order valence-electron chi connectivity index (χ2n) is 9.41. The topological polar surface area (TPSA) is 188 Å². The number of hydrogen-bond donors (Lipinski definition) is 5. The fraction of sp³-hybridized carbons (Fsp3) is 0.375. The van der Waals surface area contributed by atoms with Crippen molar-refractivity contribution in [3.63, 3.8) is 0 Å². The van der Waals surface area contributed by atoms with Gasteiger partial charge in [0.2, 0.25) is 11.8 Å². The minimum atomic E-state index is -4.45. The molecule has 3 amide bonds. The summed E-state index contributed by atoms with van der Waals surface area (Å²) in [6, 6.07) is 9.63. The van der Waals surface area contributed by atoms with Crippen LogP contribution in [0.3, 0.4) is 0 Å². The first-order valence-corrected chi connectivity index (χ1v) is 12.7. The van der Waals surface area contributed by atoms with E-state index >= 15 is 0 Å². The van der Waals surface area contributed by atoms with Gasteiger partial charge in [-0.3, -0.25) is 18.9 Å². The summed E-state index contributed by atoms with van der Waals surface area (Å²) < 4.78 is 38.0. The maximum Gasteiger partial charge on any atom is 0.408 e. The van der Waals surface area contributed by atoms with Crippen LogP contribution in [0.25, 0.3) is 0 Å². The van der Waals surface area contributed by atoms with Gasteiger partial charge in [-0.25, -0.2) is 4.79 Å². The quantitative estimate of drug-likeness (QED) is 0.283. The molecule has 0 radical (unpaired) electrons. The van der Waals surface area contributed by atoms with Crippen molar-refractivity contribution in [3.8, 4) is 5.75 Å². The Morgan fingerprint density at radius 1 is 1.00 bits per heavy atom. The number of ether oxygens (including phenoxy) is 1. The first kappa shape index (κ1) is 29.4. The van der Waals surface area contributed by atoms with E-state index in [1.807, 2.05) is 4.72 Å². The van der Waals surface area contributed by atoms with Gasteiger partial charge in [0.25, 0.3) is 0 Å². The zero-order valence-corrected chi connectivity index (χ0v) is 21.8. The number of nitrogens with one attached hydrogen (secondary N) is 2. The van der Waals surface area contributed by atoms with Gasteiger partial charge in [0.05, 0.1) is 5.69 Å². The van der Waals surface area contributed by atoms with Gasteiger partial charge in [-0.05, 0) is 56.2 Å². The Morgan fingerprint density at radius 2 is 1.51 bits per heavy atom. The Balaban J connectivity index is 2.25. The molecule has 6 N–H and O–H groups in total. The molecule has 0 aromatic heterocycles. The van der Waals surface area contributed by atoms with Crippen molar-refractivity contribution in [2.45, 2.75) is 51.3 Å². The molecule has 37 heavy (non-hydrogen) atoms. The maximum atomic E-state index is 13.5. The summed E-state index contributed by atoms with van der Waals surface area (Å²) in [5.74, 6) is -1.36. The van der Waals surface area contributed by atoms with Crippen LogP contribution in [-0.4, -0.2) is 65.6 Å². The van der Waals surface area contributed by atoms with Crippen molar-refractivity contribution in [1.29, 1.82) is 0 Å². The summed E-state index contributed by atoms with van der Waals surface area (Å²) in [5.41, 5.74) is 6.07. The summed E-state index contributed by atoms with van der Waals surface area (Å²) in [6.45, 7) is 5.03. The molecular weight excluding hydrogens is 504 g/mol. The van der Waals surface area contributed by atoms with Crippen molar-refractivity contribution in [2.75, 3.05) is 11.8 Å². The third kappa shape index (κ3) is 9.97. The van der Waals surface area contributed by atoms with Gasteiger partial charge >= 0.3 is 16.4 Å². The van der Waals surface area contributed by atoms with Gasteiger partial charge in [-0.15, -0.1) is 0 Å². The fourth-order valence-electron chi connectivity index (χ4n) is 3.43. The number of alkyl carbamates (subject to hydrolysis) is 1. The predicted octanol–water partition coefficient (Wildman–Crippen LogP) is 1.60. The van der Waals surface area contributed by atoms with Crippen molar-refractivity contribution >= 4 is 33.9 Å². The van der Waals surface area contributed by atoms with Crippen LogP contribution >= 0.6 is 0 Å². The SMILES string of the molecule is CN(C(=O)[C@H](Cc1ccc(O)cc1)NC(=O)OC(C)(C)C)[C@@H](Cc1ccc(NS(=O)(=O)O)cc1)C(N)=O. The largest absolute Gasteiger partial charge is 0.508 e. The monoisotopic (exact) mass is 536 g/mol. The Hall–Kier alpha value is -3.84. The van der Waals surface area contributed by atoms with Crippen LogP contribution in [0, 0.1) is 0 Å². The Kier molecular flexibility index (Phi) is 9.48. The third-order valence-corrected chi connectivity index (χ3v) is 5.63. The van der Waals surface area contributed by atoms with Crippen molar-refractivity contribution in [3.05, 3.63) is 59.7 Å². The number of phenolic OH excluding ortho intramolecular Hbond substituents is 1. The number of carbonyl (C=O) groups is 3. The molecule has 202 valence electrons. The number of amides is 3. The number of nitrogens with zero attached hydrogens (tertiary/aromatic N) is 1. The van der Waals surface area contributed by atoms with E-state index in [0.717, 1.165) is 4.90 Å². The van der Waals surface area contributed by atoms with Gasteiger partial charge in [0, 0.05) is 19.9 Å². The lowest BCUT2D eigenvalue weighted by atomic mass is 10.0. The lowest BCUT2D eigenvalue weighted by Crippen LogP contribution is -2.55. The Bertz CT molecular complexity index is 1210. The summed E-state index contributed by atoms with van der Waals surface area (Å²) >= 11 is 0. The van der Waals surface area contributed by atoms with E-state index in [1.165, 1.54) is 43.4 Å². The number of nitrogens with two attached hydrogens (primary N) is 1. The number of hydrogen-bond acceptors (Lipinski definition) is 7. The Morgan fingerprint density at radius 3 is 2.00 bits per heavy atom. The van der Waals surface area contributed by atoms with Crippen LogP contribution in [0.1, 0.15) is 31.9 Å².